The van der Waals surface area contributed by atoms with Gasteiger partial charge in [-0.1, -0.05) is 6.07 Å². The van der Waals surface area contributed by atoms with Gasteiger partial charge in [-0.3, -0.25) is 4.79 Å². The van der Waals surface area contributed by atoms with Crippen LogP contribution in [0.2, 0.25) is 0 Å². The first-order valence-electron chi connectivity index (χ1n) is 7.01. The summed E-state index contributed by atoms with van der Waals surface area (Å²) in [6.07, 6.45) is 0. The lowest BCUT2D eigenvalue weighted by Gasteiger charge is -2.21. The fourth-order valence-corrected chi connectivity index (χ4v) is 3.03. The molecule has 116 valence electrons. The highest BCUT2D eigenvalue weighted by atomic mass is 32.1. The summed E-state index contributed by atoms with van der Waals surface area (Å²) in [6.45, 7) is 2.90. The van der Waals surface area contributed by atoms with E-state index in [2.05, 4.69) is 5.32 Å². The van der Waals surface area contributed by atoms with E-state index < -0.39 is 0 Å². The molecule has 0 saturated heterocycles. The van der Waals surface area contributed by atoms with Gasteiger partial charge in [-0.2, -0.15) is 0 Å². The fraction of sp³-hybridized carbons (Fsp3) is 0.312. The Balaban J connectivity index is 1.83. The summed E-state index contributed by atoms with van der Waals surface area (Å²) in [5, 5.41) is 4.97. The van der Waals surface area contributed by atoms with Crippen LogP contribution in [0.4, 0.5) is 0 Å². The highest BCUT2D eigenvalue weighted by Gasteiger charge is 2.21. The molecule has 0 bridgehead atoms. The minimum absolute atomic E-state index is 0.0494. The third kappa shape index (κ3) is 2.87. The highest BCUT2D eigenvalue weighted by molar-refractivity contribution is 7.10. The number of hydrogen-bond acceptors (Lipinski definition) is 5. The standard InChI is InChI=1S/C16H17NO4S/c1-10(14-4-3-7-22-14)17-16(18)11-8-12(19-2)15-13(9-11)20-5-6-21-15/h3-4,7-10H,5-6H2,1-2H3,(H,17,18)/t10-/m1/s1. The molecule has 0 saturated carbocycles. The molecule has 2 aromatic rings. The van der Waals surface area contributed by atoms with Gasteiger partial charge in [-0.15, -0.1) is 11.3 Å². The molecule has 0 aliphatic carbocycles. The molecule has 1 atom stereocenters. The van der Waals surface area contributed by atoms with Crippen molar-refractivity contribution in [1.29, 1.82) is 0 Å². The SMILES string of the molecule is COc1cc(C(=O)N[C@H](C)c2cccs2)cc2c1OCCO2. The van der Waals surface area contributed by atoms with Crippen LogP contribution in [-0.4, -0.2) is 26.2 Å². The van der Waals surface area contributed by atoms with E-state index in [0.29, 0.717) is 36.0 Å². The van der Waals surface area contributed by atoms with Crippen LogP contribution >= 0.6 is 11.3 Å². The van der Waals surface area contributed by atoms with Gasteiger partial charge < -0.3 is 19.5 Å². The van der Waals surface area contributed by atoms with E-state index in [4.69, 9.17) is 14.2 Å². The molecule has 1 aliphatic heterocycles. The molecular formula is C16H17NO4S. The molecule has 2 heterocycles. The van der Waals surface area contributed by atoms with Crippen molar-refractivity contribution >= 4 is 17.2 Å². The number of ether oxygens (including phenoxy) is 3. The Labute approximate surface area is 132 Å². The van der Waals surface area contributed by atoms with Gasteiger partial charge in [0, 0.05) is 10.4 Å². The molecule has 1 aromatic carbocycles. The van der Waals surface area contributed by atoms with Gasteiger partial charge in [0.15, 0.2) is 11.5 Å². The van der Waals surface area contributed by atoms with Gasteiger partial charge >= 0.3 is 0 Å². The molecule has 3 rings (SSSR count). The van der Waals surface area contributed by atoms with Crippen molar-refractivity contribution < 1.29 is 19.0 Å². The van der Waals surface area contributed by atoms with Gasteiger partial charge in [0.25, 0.3) is 5.91 Å². The van der Waals surface area contributed by atoms with E-state index in [0.717, 1.165) is 4.88 Å². The normalized spacial score (nSPS) is 14.3. The molecule has 1 amide bonds. The average molecular weight is 319 g/mol. The Morgan fingerprint density at radius 3 is 2.91 bits per heavy atom. The van der Waals surface area contributed by atoms with Crippen molar-refractivity contribution in [3.8, 4) is 17.2 Å². The number of methoxy groups -OCH3 is 1. The molecule has 0 radical (unpaired) electrons. The van der Waals surface area contributed by atoms with Crippen LogP contribution in [0.3, 0.4) is 0 Å². The second kappa shape index (κ2) is 6.27. The summed E-state index contributed by atoms with van der Waals surface area (Å²) in [5.74, 6) is 1.43. The van der Waals surface area contributed by atoms with Gasteiger partial charge in [0.2, 0.25) is 5.75 Å². The van der Waals surface area contributed by atoms with Crippen molar-refractivity contribution in [2.24, 2.45) is 0 Å². The van der Waals surface area contributed by atoms with Crippen molar-refractivity contribution in [2.45, 2.75) is 13.0 Å². The summed E-state index contributed by atoms with van der Waals surface area (Å²) in [6, 6.07) is 7.28. The number of nitrogens with one attached hydrogen (secondary N) is 1. The first kappa shape index (κ1) is 14.7. The molecule has 22 heavy (non-hydrogen) atoms. The van der Waals surface area contributed by atoms with E-state index in [1.165, 1.54) is 0 Å². The quantitative estimate of drug-likeness (QED) is 0.941. The van der Waals surface area contributed by atoms with Crippen LogP contribution in [0, 0.1) is 0 Å². The first-order chi connectivity index (χ1) is 10.7. The van der Waals surface area contributed by atoms with E-state index in [9.17, 15) is 4.79 Å². The van der Waals surface area contributed by atoms with E-state index in [1.54, 1.807) is 30.6 Å². The molecule has 1 N–H and O–H groups in total. The summed E-state index contributed by atoms with van der Waals surface area (Å²) in [4.78, 5) is 13.6. The maximum absolute atomic E-state index is 12.4. The maximum atomic E-state index is 12.4. The molecule has 1 aromatic heterocycles. The van der Waals surface area contributed by atoms with Gasteiger partial charge in [0.1, 0.15) is 13.2 Å². The van der Waals surface area contributed by atoms with Crippen LogP contribution in [0.1, 0.15) is 28.2 Å². The largest absolute Gasteiger partial charge is 0.493 e. The highest BCUT2D eigenvalue weighted by Crippen LogP contribution is 2.40. The number of carbonyl (C=O) groups is 1. The van der Waals surface area contributed by atoms with Crippen molar-refractivity contribution in [3.05, 3.63) is 40.1 Å². The molecule has 0 spiro atoms. The minimum atomic E-state index is -0.170. The van der Waals surface area contributed by atoms with Crippen LogP contribution in [-0.2, 0) is 0 Å². The van der Waals surface area contributed by atoms with Crippen LogP contribution < -0.4 is 19.5 Å². The van der Waals surface area contributed by atoms with Gasteiger partial charge in [0.05, 0.1) is 13.2 Å². The molecule has 5 nitrogen and oxygen atoms in total. The Hall–Kier alpha value is -2.21. The third-order valence-corrected chi connectivity index (χ3v) is 4.46. The molecule has 1 aliphatic rings. The number of thiophene rings is 1. The summed E-state index contributed by atoms with van der Waals surface area (Å²) >= 11 is 1.61. The van der Waals surface area contributed by atoms with Crippen molar-refractivity contribution in [1.82, 2.24) is 5.32 Å². The lowest BCUT2D eigenvalue weighted by molar-refractivity contribution is 0.0938. The number of benzene rings is 1. The number of carbonyl (C=O) groups excluding carboxylic acids is 1. The minimum Gasteiger partial charge on any atom is -0.493 e. The number of hydrogen-bond donors (Lipinski definition) is 1. The number of amides is 1. The summed E-state index contributed by atoms with van der Waals surface area (Å²) in [7, 11) is 1.55. The first-order valence-corrected chi connectivity index (χ1v) is 7.89. The molecule has 6 heteroatoms. The Morgan fingerprint density at radius 2 is 2.18 bits per heavy atom. The second-order valence-corrected chi connectivity index (χ2v) is 5.89. The predicted molar refractivity (Wildman–Crippen MR) is 84.2 cm³/mol. The Kier molecular flexibility index (Phi) is 4.20. The lowest BCUT2D eigenvalue weighted by atomic mass is 10.1. The molecule has 0 fully saturated rings. The monoisotopic (exact) mass is 319 g/mol. The van der Waals surface area contributed by atoms with Crippen LogP contribution in [0.5, 0.6) is 17.2 Å². The molecular weight excluding hydrogens is 302 g/mol. The van der Waals surface area contributed by atoms with Gasteiger partial charge in [-0.05, 0) is 30.5 Å². The topological polar surface area (TPSA) is 56.8 Å². The van der Waals surface area contributed by atoms with Crippen LogP contribution in [0.15, 0.2) is 29.6 Å². The Morgan fingerprint density at radius 1 is 1.36 bits per heavy atom. The molecule has 0 unspecified atom stereocenters. The van der Waals surface area contributed by atoms with Crippen molar-refractivity contribution in [2.75, 3.05) is 20.3 Å². The second-order valence-electron chi connectivity index (χ2n) is 4.91. The van der Waals surface area contributed by atoms with Gasteiger partial charge in [-0.25, -0.2) is 0 Å². The van der Waals surface area contributed by atoms with E-state index in [-0.39, 0.29) is 11.9 Å². The zero-order valence-corrected chi connectivity index (χ0v) is 13.2. The fourth-order valence-electron chi connectivity index (χ4n) is 2.29. The number of fused-ring (bicyclic) bond motifs is 1. The zero-order valence-electron chi connectivity index (χ0n) is 12.4. The summed E-state index contributed by atoms with van der Waals surface area (Å²) < 4.78 is 16.4. The lowest BCUT2D eigenvalue weighted by Crippen LogP contribution is -2.26. The smallest absolute Gasteiger partial charge is 0.252 e. The number of rotatable bonds is 4. The van der Waals surface area contributed by atoms with E-state index >= 15 is 0 Å². The predicted octanol–water partition coefficient (Wildman–Crippen LogP) is 3.02. The zero-order chi connectivity index (χ0) is 15.5. The Bertz CT molecular complexity index is 652. The van der Waals surface area contributed by atoms with Crippen molar-refractivity contribution in [3.63, 3.8) is 0 Å². The maximum Gasteiger partial charge on any atom is 0.252 e. The van der Waals surface area contributed by atoms with E-state index in [1.807, 2.05) is 24.4 Å². The van der Waals surface area contributed by atoms with Crippen LogP contribution in [0.25, 0.3) is 0 Å². The third-order valence-electron chi connectivity index (χ3n) is 3.41. The average Bonchev–Trinajstić information content (AvgIpc) is 3.08. The summed E-state index contributed by atoms with van der Waals surface area (Å²) in [5.41, 5.74) is 0.490.